The summed E-state index contributed by atoms with van der Waals surface area (Å²) in [4.78, 5) is 16.8. The fourth-order valence-corrected chi connectivity index (χ4v) is 13.1. The number of nitrogens with zero attached hydrogens (tertiary/aromatic N) is 9. The number of nitrogens with one attached hydrogen (secondary N) is 1. The Balaban J connectivity index is 1.43. The first kappa shape index (κ1) is 51.5. The molecule has 3 aromatic heterocycles. The number of benzene rings is 3. The number of aromatic nitrogens is 4. The molecule has 19 nitrogen and oxygen atoms in total. The van der Waals surface area contributed by atoms with Crippen LogP contribution in [0.15, 0.2) is 90.6 Å². The molecule has 0 fully saturated rings. The summed E-state index contributed by atoms with van der Waals surface area (Å²) in [5.41, 5.74) is 6.55. The highest BCUT2D eigenvalue weighted by atomic mass is 32.2. The van der Waals surface area contributed by atoms with E-state index in [1.807, 2.05) is 52.0 Å². The van der Waals surface area contributed by atoms with Gasteiger partial charge in [-0.15, -0.1) is 14.6 Å². The van der Waals surface area contributed by atoms with Gasteiger partial charge in [-0.25, -0.2) is 15.2 Å². The van der Waals surface area contributed by atoms with E-state index in [0.29, 0.717) is 73.3 Å². The van der Waals surface area contributed by atoms with Gasteiger partial charge in [-0.1, -0.05) is 92.3 Å². The maximum Gasteiger partial charge on any atom is 0.295 e. The molecule has 0 amide bonds. The van der Waals surface area contributed by atoms with Crippen LogP contribution in [0.25, 0.3) is 10.2 Å². The summed E-state index contributed by atoms with van der Waals surface area (Å²) >= 11 is 3.39. The summed E-state index contributed by atoms with van der Waals surface area (Å²) in [6, 6.07) is 11.5. The third-order valence-electron chi connectivity index (χ3n) is 12.0. The van der Waals surface area contributed by atoms with Crippen molar-refractivity contribution in [3.63, 3.8) is 0 Å². The fraction of sp³-hybridized carbons (Fsp3) is 0.298. The highest BCUT2D eigenvalue weighted by Gasteiger charge is 2.33. The predicted octanol–water partition coefficient (Wildman–Crippen LogP) is 11.6. The number of aryl methyl sites for hydroxylation is 6. The van der Waals surface area contributed by atoms with Crippen LogP contribution >= 0.6 is 35.1 Å². The Kier molecular flexibility index (Phi) is 15.0. The quantitative estimate of drug-likeness (QED) is 0.0231. The van der Waals surface area contributed by atoms with Crippen LogP contribution < -0.4 is 10.2 Å². The second kappa shape index (κ2) is 20.7. The molecule has 24 heteroatoms. The number of thiazole rings is 1. The molecule has 0 saturated heterocycles. The van der Waals surface area contributed by atoms with Crippen molar-refractivity contribution in [2.24, 2.45) is 15.2 Å². The van der Waals surface area contributed by atoms with Crippen LogP contribution in [0.1, 0.15) is 77.9 Å². The van der Waals surface area contributed by atoms with E-state index in [-0.39, 0.29) is 66.9 Å². The van der Waals surface area contributed by atoms with Gasteiger partial charge in [0.1, 0.15) is 28.0 Å². The maximum atomic E-state index is 13.3. The Morgan fingerprint density at radius 2 is 1.61 bits per heavy atom. The van der Waals surface area contributed by atoms with Crippen LogP contribution in [0, 0.1) is 39.0 Å². The molecule has 4 N–H and O–H groups in total. The molecule has 0 bridgehead atoms. The number of aliphatic imine (C=N–C) groups is 1. The number of thioether (sulfide) groups is 1. The number of hydrogen-bond donors (Lipinski definition) is 4. The van der Waals surface area contributed by atoms with Crippen LogP contribution in [-0.4, -0.2) is 67.4 Å². The van der Waals surface area contributed by atoms with Crippen LogP contribution in [0.3, 0.4) is 0 Å². The van der Waals surface area contributed by atoms with Gasteiger partial charge < -0.3 is 5.32 Å². The van der Waals surface area contributed by atoms with E-state index in [9.17, 15) is 36.5 Å². The zero-order chi connectivity index (χ0) is 51.1. The minimum Gasteiger partial charge on any atom is -0.338 e. The van der Waals surface area contributed by atoms with Gasteiger partial charge in [-0.3, -0.25) is 19.0 Å². The van der Waals surface area contributed by atoms with E-state index in [4.69, 9.17) is 29.5 Å². The number of nitriles is 1. The first-order chi connectivity index (χ1) is 33.8. The monoisotopic (exact) mass is 1060 g/mol. The van der Waals surface area contributed by atoms with Crippen LogP contribution in [0.5, 0.6) is 0 Å². The average Bonchev–Trinajstić information content (AvgIpc) is 4.04. The lowest BCUT2D eigenvalue weighted by atomic mass is 9.98. The summed E-state index contributed by atoms with van der Waals surface area (Å²) in [5, 5.41) is 42.3. The van der Waals surface area contributed by atoms with Crippen molar-refractivity contribution in [1.82, 2.24) is 19.7 Å². The molecule has 0 spiro atoms. The number of anilines is 5. The zero-order valence-corrected chi connectivity index (χ0v) is 43.7. The highest BCUT2D eigenvalue weighted by Crippen LogP contribution is 2.48. The van der Waals surface area contributed by atoms with Crippen molar-refractivity contribution in [1.29, 1.82) is 5.26 Å². The largest absolute Gasteiger partial charge is 0.338 e. The zero-order valence-electron chi connectivity index (χ0n) is 39.6. The van der Waals surface area contributed by atoms with Crippen molar-refractivity contribution in [2.45, 2.75) is 107 Å². The minimum atomic E-state index is -4.80. The van der Waals surface area contributed by atoms with Crippen molar-refractivity contribution in [3.05, 3.63) is 111 Å². The van der Waals surface area contributed by atoms with E-state index in [2.05, 4.69) is 27.6 Å². The SMILES string of the molecule is CCc1cc(C)c(SOOO)c(CC)c1Nc1nc(N(c2nc3ccc(S(=O)(=O)O)cc3s2)c2c(CC)cc(C)c(S(=O)(=O)O)c2CC)cc(C)c1N=Nc1c(C#N)c(C)nn1C1=NC2C=CC=CC2S1. The standard InChI is InChI=1S/C47H48N10O9S5/c1-9-28-19-25(6)42(69-66-65-58)31(11-3)40(28)52-44-39(53-54-45-33(23-48)27(8)55-57(45)47-50-34-15-13-14-16-36(34)67-47)24(5)21-38(51-44)56(46-49-35-18-17-30(70(59,60)61)22-37(35)68-46)41-29(10-2)20-26(7)43(32(41)12-4)71(62,63)64/h13-22,34,36,58H,9-12H2,1-8H3,(H,51,52)(H,59,60,61)(H,62,63,64). The van der Waals surface area contributed by atoms with Crippen molar-refractivity contribution >= 4 is 110 Å². The van der Waals surface area contributed by atoms with Gasteiger partial charge in [0.05, 0.1) is 49.8 Å². The summed E-state index contributed by atoms with van der Waals surface area (Å²) in [6.45, 7) is 14.7. The molecule has 1 aliphatic heterocycles. The van der Waals surface area contributed by atoms with Crippen molar-refractivity contribution in [2.75, 3.05) is 10.2 Å². The highest BCUT2D eigenvalue weighted by molar-refractivity contribution is 8.14. The Bertz CT molecular complexity index is 3530. The molecule has 4 heterocycles. The molecular formula is C47H48N10O9S5. The lowest BCUT2D eigenvalue weighted by Crippen LogP contribution is -2.19. The average molecular weight is 1060 g/mol. The van der Waals surface area contributed by atoms with E-state index >= 15 is 0 Å². The summed E-state index contributed by atoms with van der Waals surface area (Å²) in [7, 11) is -9.40. The summed E-state index contributed by atoms with van der Waals surface area (Å²) in [6.07, 6.45) is 9.52. The van der Waals surface area contributed by atoms with Gasteiger partial charge in [0, 0.05) is 10.6 Å². The van der Waals surface area contributed by atoms with Crippen LogP contribution in [-0.2, 0) is 55.3 Å². The predicted molar refractivity (Wildman–Crippen MR) is 276 cm³/mol. The number of allylic oxidation sites excluding steroid dienone is 2. The molecule has 71 heavy (non-hydrogen) atoms. The number of hydrogen-bond acceptors (Lipinski definition) is 19. The van der Waals surface area contributed by atoms with Crippen LogP contribution in [0.2, 0.25) is 0 Å². The molecule has 2 aliphatic rings. The number of rotatable bonds is 16. The summed E-state index contributed by atoms with van der Waals surface area (Å²) < 4.78 is 78.8. The van der Waals surface area contributed by atoms with Gasteiger partial charge in [-0.2, -0.15) is 31.9 Å². The van der Waals surface area contributed by atoms with Gasteiger partial charge in [-0.05, 0) is 117 Å². The molecule has 3 aromatic carbocycles. The molecule has 370 valence electrons. The second-order valence-electron chi connectivity index (χ2n) is 16.5. The first-order valence-corrected chi connectivity index (χ1v) is 27.6. The lowest BCUT2D eigenvalue weighted by Gasteiger charge is -2.29. The number of fused-ring (bicyclic) bond motifs is 2. The van der Waals surface area contributed by atoms with E-state index < -0.39 is 20.2 Å². The number of pyridine rings is 1. The topological polar surface area (TPSA) is 267 Å². The third kappa shape index (κ3) is 10.0. The van der Waals surface area contributed by atoms with E-state index in [1.165, 1.54) is 34.6 Å². The smallest absolute Gasteiger partial charge is 0.295 e. The summed E-state index contributed by atoms with van der Waals surface area (Å²) in [5.74, 6) is 0.524. The minimum absolute atomic E-state index is 0.0312. The van der Waals surface area contributed by atoms with Gasteiger partial charge in [0.15, 0.2) is 21.9 Å². The van der Waals surface area contributed by atoms with E-state index in [0.717, 1.165) is 40.1 Å². The molecular weight excluding hydrogens is 1010 g/mol. The Labute approximate surface area is 423 Å². The van der Waals surface area contributed by atoms with Gasteiger partial charge in [0.25, 0.3) is 20.2 Å². The first-order valence-electron chi connectivity index (χ1n) is 22.3. The Hall–Kier alpha value is -5.85. The number of azo groups is 1. The lowest BCUT2D eigenvalue weighted by molar-refractivity contribution is -0.432. The molecule has 8 rings (SSSR count). The molecule has 6 aromatic rings. The second-order valence-corrected chi connectivity index (χ2v) is 22.1. The maximum absolute atomic E-state index is 13.3. The van der Waals surface area contributed by atoms with Crippen LogP contribution in [0.4, 0.5) is 39.6 Å². The van der Waals surface area contributed by atoms with Gasteiger partial charge >= 0.3 is 0 Å². The molecule has 1 aliphatic carbocycles. The third-order valence-corrected chi connectivity index (χ3v) is 17.0. The van der Waals surface area contributed by atoms with Crippen molar-refractivity contribution < 1.29 is 40.6 Å². The fourth-order valence-electron chi connectivity index (χ4n) is 8.76. The normalized spacial score (nSPS) is 15.7. The Morgan fingerprint density at radius 1 is 0.887 bits per heavy atom. The molecule has 2 atom stereocenters. The Morgan fingerprint density at radius 3 is 2.25 bits per heavy atom. The molecule has 2 unspecified atom stereocenters. The molecule has 0 saturated carbocycles. The van der Waals surface area contributed by atoms with E-state index in [1.54, 1.807) is 44.7 Å². The molecule has 0 radical (unpaired) electrons. The van der Waals surface area contributed by atoms with Gasteiger partial charge in [0.2, 0.25) is 0 Å². The van der Waals surface area contributed by atoms with Crippen molar-refractivity contribution in [3.8, 4) is 6.07 Å².